The normalized spacial score (nSPS) is 11.8. The summed E-state index contributed by atoms with van der Waals surface area (Å²) >= 11 is 7.70. The highest BCUT2D eigenvalue weighted by atomic mass is 35.5. The zero-order valence-electron chi connectivity index (χ0n) is 18.1. The summed E-state index contributed by atoms with van der Waals surface area (Å²) in [5, 5.41) is 0.572. The van der Waals surface area contributed by atoms with Gasteiger partial charge >= 0.3 is 0 Å². The van der Waals surface area contributed by atoms with Crippen molar-refractivity contribution >= 4 is 54.0 Å². The molecule has 0 unspecified atom stereocenters. The van der Waals surface area contributed by atoms with Gasteiger partial charge < -0.3 is 0 Å². The first-order valence-electron chi connectivity index (χ1n) is 10.3. The van der Waals surface area contributed by atoms with Crippen molar-refractivity contribution in [1.29, 1.82) is 0 Å². The first-order chi connectivity index (χ1) is 15.8. The fourth-order valence-corrected chi connectivity index (χ4v) is 5.64. The van der Waals surface area contributed by atoms with Crippen LogP contribution in [0.3, 0.4) is 0 Å². The van der Waals surface area contributed by atoms with E-state index >= 15 is 0 Å². The summed E-state index contributed by atoms with van der Waals surface area (Å²) in [6.45, 7) is 3.60. The summed E-state index contributed by atoms with van der Waals surface area (Å²) in [5.74, 6) is -0.159. The molecule has 4 rings (SSSR count). The highest BCUT2D eigenvalue weighted by Crippen LogP contribution is 2.33. The molecule has 9 heteroatoms. The van der Waals surface area contributed by atoms with E-state index in [1.54, 1.807) is 61.5 Å². The molecule has 0 bridgehead atoms. The molecule has 0 N–H and O–H groups in total. The largest absolute Gasteiger partial charge is 0.283 e. The van der Waals surface area contributed by atoms with Crippen LogP contribution in [0.5, 0.6) is 0 Å². The van der Waals surface area contributed by atoms with Crippen LogP contribution in [0.2, 0.25) is 5.02 Å². The van der Waals surface area contributed by atoms with Crippen molar-refractivity contribution < 1.29 is 13.2 Å². The first kappa shape index (κ1) is 23.4. The number of benzene rings is 2. The van der Waals surface area contributed by atoms with Gasteiger partial charge in [0.2, 0.25) is 5.91 Å². The van der Waals surface area contributed by atoms with Gasteiger partial charge in [0, 0.05) is 12.4 Å². The number of aromatic nitrogens is 2. The fourth-order valence-electron chi connectivity index (χ4n) is 3.29. The summed E-state index contributed by atoms with van der Waals surface area (Å²) < 4.78 is 25.6. The van der Waals surface area contributed by atoms with Gasteiger partial charge in [0.1, 0.15) is 5.52 Å². The molecule has 0 fully saturated rings. The van der Waals surface area contributed by atoms with Gasteiger partial charge in [-0.05, 0) is 55.3 Å². The number of sulfone groups is 1. The second-order valence-electron chi connectivity index (χ2n) is 7.84. The Hall–Kier alpha value is -2.81. The minimum Gasteiger partial charge on any atom is -0.283 e. The van der Waals surface area contributed by atoms with E-state index in [-0.39, 0.29) is 17.2 Å². The number of hydrogen-bond donors (Lipinski definition) is 0. The van der Waals surface area contributed by atoms with Crippen LogP contribution in [0.4, 0.5) is 5.13 Å². The van der Waals surface area contributed by atoms with Crippen LogP contribution in [0.1, 0.15) is 25.0 Å². The molecular weight excluding hydrogens is 478 g/mol. The van der Waals surface area contributed by atoms with Gasteiger partial charge in [-0.15, -0.1) is 0 Å². The third-order valence-corrected chi connectivity index (χ3v) is 8.70. The SMILES string of the molecule is CC(C)S(=O)(=O)c1ccc(CC(=O)N(Cc2cccnc2)c2nc3c(Cl)cccc3s2)cc1. The first-order valence-corrected chi connectivity index (χ1v) is 13.1. The van der Waals surface area contributed by atoms with Crippen molar-refractivity contribution in [2.75, 3.05) is 4.90 Å². The predicted molar refractivity (Wildman–Crippen MR) is 133 cm³/mol. The molecule has 1 amide bonds. The Bertz CT molecular complexity index is 1390. The van der Waals surface area contributed by atoms with Crippen molar-refractivity contribution in [3.05, 3.63) is 83.1 Å². The molecular formula is C24H22ClN3O3S2. The molecule has 0 saturated carbocycles. The molecule has 0 radical (unpaired) electrons. The molecule has 33 heavy (non-hydrogen) atoms. The molecule has 0 aliphatic rings. The van der Waals surface area contributed by atoms with E-state index in [9.17, 15) is 13.2 Å². The number of rotatable bonds is 7. The number of fused-ring (bicyclic) bond motifs is 1. The van der Waals surface area contributed by atoms with Gasteiger partial charge in [-0.2, -0.15) is 0 Å². The summed E-state index contributed by atoms with van der Waals surface area (Å²) in [6, 6.07) is 15.8. The Morgan fingerprint density at radius 3 is 2.45 bits per heavy atom. The number of halogens is 1. The van der Waals surface area contributed by atoms with Crippen molar-refractivity contribution in [3.8, 4) is 0 Å². The third-order valence-electron chi connectivity index (χ3n) is 5.18. The molecule has 0 saturated heterocycles. The summed E-state index contributed by atoms with van der Waals surface area (Å²) in [4.78, 5) is 24.0. The minimum atomic E-state index is -3.36. The predicted octanol–water partition coefficient (Wildman–Crippen LogP) is 5.30. The highest BCUT2D eigenvalue weighted by molar-refractivity contribution is 7.92. The molecule has 0 spiro atoms. The maximum atomic E-state index is 13.4. The molecule has 2 aromatic heterocycles. The van der Waals surface area contributed by atoms with Crippen LogP contribution in [0.25, 0.3) is 10.2 Å². The maximum Gasteiger partial charge on any atom is 0.233 e. The molecule has 0 aliphatic heterocycles. The smallest absolute Gasteiger partial charge is 0.233 e. The minimum absolute atomic E-state index is 0.103. The second-order valence-corrected chi connectivity index (χ2v) is 11.8. The highest BCUT2D eigenvalue weighted by Gasteiger charge is 2.23. The monoisotopic (exact) mass is 499 g/mol. The van der Waals surface area contributed by atoms with E-state index in [4.69, 9.17) is 11.6 Å². The molecule has 2 aromatic carbocycles. The van der Waals surface area contributed by atoms with Gasteiger partial charge in [0.15, 0.2) is 15.0 Å². The van der Waals surface area contributed by atoms with Gasteiger partial charge in [-0.1, -0.05) is 47.2 Å². The van der Waals surface area contributed by atoms with Crippen molar-refractivity contribution in [1.82, 2.24) is 9.97 Å². The average molecular weight is 500 g/mol. The van der Waals surface area contributed by atoms with E-state index in [1.165, 1.54) is 11.3 Å². The van der Waals surface area contributed by atoms with E-state index in [0.29, 0.717) is 22.2 Å². The lowest BCUT2D eigenvalue weighted by Crippen LogP contribution is -2.31. The molecule has 4 aromatic rings. The van der Waals surface area contributed by atoms with Crippen LogP contribution in [0, 0.1) is 0 Å². The number of anilines is 1. The van der Waals surface area contributed by atoms with Crippen LogP contribution >= 0.6 is 22.9 Å². The second kappa shape index (κ2) is 9.59. The lowest BCUT2D eigenvalue weighted by molar-refractivity contribution is -0.118. The van der Waals surface area contributed by atoms with Crippen LogP contribution in [0.15, 0.2) is 71.9 Å². The molecule has 0 atom stereocenters. The van der Waals surface area contributed by atoms with E-state index in [0.717, 1.165) is 15.8 Å². The topological polar surface area (TPSA) is 80.2 Å². The Balaban J connectivity index is 1.64. The van der Waals surface area contributed by atoms with Gasteiger partial charge in [0.05, 0.1) is 32.8 Å². The molecule has 0 aliphatic carbocycles. The number of para-hydroxylation sites is 1. The van der Waals surface area contributed by atoms with E-state index in [2.05, 4.69) is 9.97 Å². The number of carbonyl (C=O) groups is 1. The number of thiazole rings is 1. The average Bonchev–Trinajstić information content (AvgIpc) is 3.24. The summed E-state index contributed by atoms with van der Waals surface area (Å²) in [5.41, 5.74) is 2.25. The molecule has 6 nitrogen and oxygen atoms in total. The standard InChI is InChI=1S/C24H22ClN3O3S2/c1-16(2)33(30,31)19-10-8-17(9-11-19)13-22(29)28(15-18-5-4-12-26-14-18)24-27-23-20(25)6-3-7-21(23)32-24/h3-12,14,16H,13,15H2,1-2H3. The van der Waals surface area contributed by atoms with Crippen molar-refractivity contribution in [3.63, 3.8) is 0 Å². The number of amides is 1. The van der Waals surface area contributed by atoms with Crippen LogP contribution in [-0.4, -0.2) is 29.5 Å². The maximum absolute atomic E-state index is 13.4. The quantitative estimate of drug-likeness (QED) is 0.344. The Morgan fingerprint density at radius 2 is 1.82 bits per heavy atom. The van der Waals surface area contributed by atoms with E-state index in [1.807, 2.05) is 24.3 Å². The third kappa shape index (κ3) is 5.08. The van der Waals surface area contributed by atoms with Gasteiger partial charge in [0.25, 0.3) is 0 Å². The lowest BCUT2D eigenvalue weighted by Gasteiger charge is -2.20. The number of pyridine rings is 1. The molecule has 170 valence electrons. The summed E-state index contributed by atoms with van der Waals surface area (Å²) in [7, 11) is -3.36. The van der Waals surface area contributed by atoms with Gasteiger partial charge in [-0.25, -0.2) is 13.4 Å². The van der Waals surface area contributed by atoms with Crippen molar-refractivity contribution in [2.45, 2.75) is 37.0 Å². The lowest BCUT2D eigenvalue weighted by atomic mass is 10.1. The Labute approximate surface area is 201 Å². The number of hydrogen-bond acceptors (Lipinski definition) is 6. The number of nitrogens with zero attached hydrogens (tertiary/aromatic N) is 3. The Kier molecular flexibility index (Phi) is 6.78. The summed E-state index contributed by atoms with van der Waals surface area (Å²) in [6.07, 6.45) is 3.50. The molecule has 2 heterocycles. The zero-order valence-corrected chi connectivity index (χ0v) is 20.5. The Morgan fingerprint density at radius 1 is 1.06 bits per heavy atom. The number of carbonyl (C=O) groups excluding carboxylic acids is 1. The van der Waals surface area contributed by atoms with Gasteiger partial charge in [-0.3, -0.25) is 14.7 Å². The fraction of sp³-hybridized carbons (Fsp3) is 0.208. The zero-order chi connectivity index (χ0) is 23.6. The van der Waals surface area contributed by atoms with Crippen molar-refractivity contribution in [2.24, 2.45) is 0 Å². The van der Waals surface area contributed by atoms with E-state index < -0.39 is 15.1 Å². The van der Waals surface area contributed by atoms with Crippen LogP contribution < -0.4 is 4.90 Å². The van der Waals surface area contributed by atoms with Crippen LogP contribution in [-0.2, 0) is 27.6 Å².